The first-order chi connectivity index (χ1) is 11.8. The molecule has 0 spiro atoms. The van der Waals surface area contributed by atoms with Crippen LogP contribution >= 0.6 is 0 Å². The smallest absolute Gasteiger partial charge is 0.234 e. The summed E-state index contributed by atoms with van der Waals surface area (Å²) in [4.78, 5) is 15.0. The topological polar surface area (TPSA) is 41.6 Å². The van der Waals surface area contributed by atoms with Gasteiger partial charge in [-0.2, -0.15) is 0 Å². The molecule has 1 amide bonds. The number of carbonyl (C=O) groups is 1. The normalized spacial score (nSPS) is 30.2. The van der Waals surface area contributed by atoms with Gasteiger partial charge < -0.3 is 10.1 Å². The molecule has 1 aliphatic heterocycles. The predicted molar refractivity (Wildman–Crippen MR) is 93.8 cm³/mol. The summed E-state index contributed by atoms with van der Waals surface area (Å²) >= 11 is 0. The summed E-state index contributed by atoms with van der Waals surface area (Å²) in [6.07, 6.45) is 8.54. The number of nitrogens with zero attached hydrogens (tertiary/aromatic N) is 1. The molecular weight excluding hydrogens is 300 g/mol. The van der Waals surface area contributed by atoms with Crippen molar-refractivity contribution in [3.05, 3.63) is 35.4 Å². The molecule has 1 N–H and O–H groups in total. The maximum atomic E-state index is 12.7. The number of rotatable bonds is 3. The Labute approximate surface area is 144 Å². The van der Waals surface area contributed by atoms with Crippen LogP contribution in [-0.2, 0) is 16.0 Å². The van der Waals surface area contributed by atoms with Gasteiger partial charge in [-0.05, 0) is 43.2 Å². The first-order valence-electron chi connectivity index (χ1n) is 9.54. The Morgan fingerprint density at radius 2 is 2.04 bits per heavy atom. The van der Waals surface area contributed by atoms with Crippen molar-refractivity contribution in [2.45, 2.75) is 63.1 Å². The van der Waals surface area contributed by atoms with E-state index >= 15 is 0 Å². The van der Waals surface area contributed by atoms with Crippen LogP contribution in [0, 0.1) is 0 Å². The number of hydrogen-bond donors (Lipinski definition) is 1. The fraction of sp³-hybridized carbons (Fsp3) is 0.650. The van der Waals surface area contributed by atoms with Crippen LogP contribution in [0.2, 0.25) is 0 Å². The molecule has 1 aromatic rings. The molecule has 4 rings (SSSR count). The molecule has 3 aliphatic rings. The Morgan fingerprint density at radius 3 is 3.00 bits per heavy atom. The Bertz CT molecular complexity index is 587. The Balaban J connectivity index is 1.38. The lowest BCUT2D eigenvalue weighted by Crippen LogP contribution is -2.55. The molecule has 130 valence electrons. The molecule has 1 saturated carbocycles. The zero-order valence-electron chi connectivity index (χ0n) is 14.4. The van der Waals surface area contributed by atoms with Crippen LogP contribution in [0.3, 0.4) is 0 Å². The first-order valence-corrected chi connectivity index (χ1v) is 9.54. The molecule has 4 nitrogen and oxygen atoms in total. The summed E-state index contributed by atoms with van der Waals surface area (Å²) in [5.74, 6) is 0.169. The molecule has 3 atom stereocenters. The second-order valence-corrected chi connectivity index (χ2v) is 7.44. The van der Waals surface area contributed by atoms with Crippen LogP contribution in [0.25, 0.3) is 0 Å². The summed E-state index contributed by atoms with van der Waals surface area (Å²) in [6, 6.07) is 9.17. The highest BCUT2D eigenvalue weighted by Crippen LogP contribution is 2.30. The van der Waals surface area contributed by atoms with Gasteiger partial charge in [-0.1, -0.05) is 37.1 Å². The van der Waals surface area contributed by atoms with Crippen molar-refractivity contribution in [1.29, 1.82) is 0 Å². The van der Waals surface area contributed by atoms with Gasteiger partial charge in [0.1, 0.15) is 0 Å². The summed E-state index contributed by atoms with van der Waals surface area (Å²) < 4.78 is 5.92. The monoisotopic (exact) mass is 328 g/mol. The number of hydrogen-bond acceptors (Lipinski definition) is 3. The van der Waals surface area contributed by atoms with Gasteiger partial charge in [0.2, 0.25) is 5.91 Å². The fourth-order valence-electron chi connectivity index (χ4n) is 4.70. The third kappa shape index (κ3) is 3.35. The number of amides is 1. The van der Waals surface area contributed by atoms with Crippen molar-refractivity contribution < 1.29 is 9.53 Å². The molecule has 0 aromatic heterocycles. The van der Waals surface area contributed by atoms with Crippen molar-refractivity contribution in [3.63, 3.8) is 0 Å². The third-order valence-electron chi connectivity index (χ3n) is 5.90. The Kier molecular flexibility index (Phi) is 4.86. The SMILES string of the molecule is O=C(CN1CCO[C@@H]2CCCC[C@H]21)N[C@H]1CCCc2ccccc21. The zero-order valence-corrected chi connectivity index (χ0v) is 14.4. The van der Waals surface area contributed by atoms with Gasteiger partial charge in [0.25, 0.3) is 0 Å². The minimum absolute atomic E-state index is 0.169. The highest BCUT2D eigenvalue weighted by Gasteiger charge is 2.35. The van der Waals surface area contributed by atoms with Gasteiger partial charge in [-0.15, -0.1) is 0 Å². The van der Waals surface area contributed by atoms with E-state index in [-0.39, 0.29) is 11.9 Å². The highest BCUT2D eigenvalue weighted by molar-refractivity contribution is 5.78. The fourth-order valence-corrected chi connectivity index (χ4v) is 4.70. The molecule has 2 aliphatic carbocycles. The van der Waals surface area contributed by atoms with E-state index in [4.69, 9.17) is 4.74 Å². The molecule has 24 heavy (non-hydrogen) atoms. The van der Waals surface area contributed by atoms with Crippen molar-refractivity contribution in [2.24, 2.45) is 0 Å². The van der Waals surface area contributed by atoms with Crippen LogP contribution < -0.4 is 5.32 Å². The molecule has 4 heteroatoms. The van der Waals surface area contributed by atoms with E-state index in [0.29, 0.717) is 18.7 Å². The predicted octanol–water partition coefficient (Wildman–Crippen LogP) is 2.82. The molecular formula is C20H28N2O2. The van der Waals surface area contributed by atoms with Crippen LogP contribution in [0.4, 0.5) is 0 Å². The molecule has 2 fully saturated rings. The van der Waals surface area contributed by atoms with Crippen molar-refractivity contribution >= 4 is 5.91 Å². The average Bonchev–Trinajstić information content (AvgIpc) is 2.62. The van der Waals surface area contributed by atoms with Gasteiger partial charge in [-0.3, -0.25) is 9.69 Å². The molecule has 0 unspecified atom stereocenters. The summed E-state index contributed by atoms with van der Waals surface area (Å²) in [5, 5.41) is 3.30. The number of fused-ring (bicyclic) bond motifs is 2. The average molecular weight is 328 g/mol. The first kappa shape index (κ1) is 16.1. The molecule has 1 aromatic carbocycles. The van der Waals surface area contributed by atoms with Crippen molar-refractivity contribution in [3.8, 4) is 0 Å². The van der Waals surface area contributed by atoms with Gasteiger partial charge in [0, 0.05) is 12.6 Å². The summed E-state index contributed by atoms with van der Waals surface area (Å²) in [6.45, 7) is 2.17. The van der Waals surface area contributed by atoms with E-state index in [9.17, 15) is 4.79 Å². The minimum atomic E-state index is 0.169. The number of morpholine rings is 1. The van der Waals surface area contributed by atoms with E-state index < -0.39 is 0 Å². The van der Waals surface area contributed by atoms with E-state index in [2.05, 4.69) is 34.5 Å². The maximum Gasteiger partial charge on any atom is 0.234 e. The number of nitrogens with one attached hydrogen (secondary N) is 1. The lowest BCUT2D eigenvalue weighted by molar-refractivity contribution is -0.130. The number of benzene rings is 1. The highest BCUT2D eigenvalue weighted by atomic mass is 16.5. The maximum absolute atomic E-state index is 12.7. The Morgan fingerprint density at radius 1 is 1.17 bits per heavy atom. The molecule has 1 saturated heterocycles. The summed E-state index contributed by atoms with van der Waals surface area (Å²) in [5.41, 5.74) is 2.71. The summed E-state index contributed by atoms with van der Waals surface area (Å²) in [7, 11) is 0. The molecule has 1 heterocycles. The van der Waals surface area contributed by atoms with Crippen LogP contribution in [0.5, 0.6) is 0 Å². The lowest BCUT2D eigenvalue weighted by Gasteiger charge is -2.43. The van der Waals surface area contributed by atoms with E-state index in [0.717, 1.165) is 38.8 Å². The standard InChI is InChI=1S/C20H28N2O2/c23-20(14-22-12-13-24-19-11-4-3-10-18(19)22)21-17-9-5-7-15-6-1-2-8-16(15)17/h1-2,6,8,17-19H,3-5,7,9-14H2,(H,21,23)/t17-,18+,19+/m0/s1. The van der Waals surface area contributed by atoms with E-state index in [1.807, 2.05) is 0 Å². The zero-order chi connectivity index (χ0) is 16.4. The molecule has 0 radical (unpaired) electrons. The Hall–Kier alpha value is -1.39. The van der Waals surface area contributed by atoms with Crippen molar-refractivity contribution in [2.75, 3.05) is 19.7 Å². The number of ether oxygens (including phenoxy) is 1. The van der Waals surface area contributed by atoms with Gasteiger partial charge >= 0.3 is 0 Å². The van der Waals surface area contributed by atoms with E-state index in [1.54, 1.807) is 0 Å². The van der Waals surface area contributed by atoms with Gasteiger partial charge in [-0.25, -0.2) is 0 Å². The quantitative estimate of drug-likeness (QED) is 0.928. The number of aryl methyl sites for hydroxylation is 1. The van der Waals surface area contributed by atoms with Crippen LogP contribution in [0.15, 0.2) is 24.3 Å². The van der Waals surface area contributed by atoms with Gasteiger partial charge in [0.15, 0.2) is 0 Å². The third-order valence-corrected chi connectivity index (χ3v) is 5.90. The van der Waals surface area contributed by atoms with Gasteiger partial charge in [0.05, 0.1) is 25.3 Å². The van der Waals surface area contributed by atoms with Crippen molar-refractivity contribution in [1.82, 2.24) is 10.2 Å². The van der Waals surface area contributed by atoms with Crippen LogP contribution in [-0.4, -0.2) is 42.6 Å². The number of carbonyl (C=O) groups excluding carboxylic acids is 1. The van der Waals surface area contributed by atoms with Crippen LogP contribution in [0.1, 0.15) is 55.7 Å². The second kappa shape index (κ2) is 7.24. The second-order valence-electron chi connectivity index (χ2n) is 7.44. The largest absolute Gasteiger partial charge is 0.375 e. The lowest BCUT2D eigenvalue weighted by atomic mass is 9.87. The molecule has 0 bridgehead atoms. The van der Waals surface area contributed by atoms with E-state index in [1.165, 1.54) is 30.4 Å². The minimum Gasteiger partial charge on any atom is -0.375 e.